The lowest BCUT2D eigenvalue weighted by Gasteiger charge is -2.20. The van der Waals surface area contributed by atoms with E-state index in [-0.39, 0.29) is 0 Å². The summed E-state index contributed by atoms with van der Waals surface area (Å²) in [6, 6.07) is 0. The second-order valence-corrected chi connectivity index (χ2v) is 23.8. The fourth-order valence-electron chi connectivity index (χ4n) is 3.62. The van der Waals surface area contributed by atoms with Gasteiger partial charge in [0, 0.05) is 44.0 Å². The largest absolute Gasteiger partial charge is 0.472 e. The van der Waals surface area contributed by atoms with Crippen LogP contribution in [0.4, 0.5) is 13.4 Å². The van der Waals surface area contributed by atoms with E-state index < -0.39 is 206 Å². The van der Waals surface area contributed by atoms with E-state index in [0.29, 0.717) is 0 Å². The van der Waals surface area contributed by atoms with Gasteiger partial charge in [0.05, 0.1) is 99.1 Å². The van der Waals surface area contributed by atoms with Crippen molar-refractivity contribution in [3.63, 3.8) is 0 Å². The number of nitrogens with one attached hydrogen (secondary N) is 3. The molecular weight excluding hydrogens is 1140 g/mol. The Labute approximate surface area is 388 Å². The molecule has 10 unspecified atom stereocenters. The Morgan fingerprint density at radius 1 is 0.304 bits per heavy atom. The standard InChI is InChI=1S/C22H54F3N3O33P8/c23-26-11-20(14-29)15-58-66(39,40)53-9-10-56-69(45,46)61-19-22(13-28-25)18-60-68(43,44)55-8-6-52-65(37,38)50-4-2-48-63(33,34)47-1-3-49-64(35,36)51-5-7-54-67(41,42)59-17-21(12-27-24)16-57-62(30,31)32/h20-22,26-29H,1-19H2,(H,33,34)(H,35,36)(H,37,38)(H,39,40)(H,41,42)(H,43,44)(H,45,46)(H2,30,31,32). The highest BCUT2D eigenvalue weighted by Gasteiger charge is 2.31. The summed E-state index contributed by atoms with van der Waals surface area (Å²) >= 11 is 0. The summed E-state index contributed by atoms with van der Waals surface area (Å²) in [5, 5.41) is 9.02. The molecule has 36 nitrogen and oxygen atoms in total. The molecule has 10 atom stereocenters. The summed E-state index contributed by atoms with van der Waals surface area (Å²) in [4.78, 5) is 85.3. The van der Waals surface area contributed by atoms with Gasteiger partial charge in [-0.2, -0.15) is 16.6 Å². The van der Waals surface area contributed by atoms with Crippen LogP contribution in [-0.2, 0) is 104 Å². The summed E-state index contributed by atoms with van der Waals surface area (Å²) in [7, 11) is -39.6. The van der Waals surface area contributed by atoms with Gasteiger partial charge in [-0.05, 0) is 0 Å². The molecule has 69 heavy (non-hydrogen) atoms. The highest BCUT2D eigenvalue weighted by molar-refractivity contribution is 7.49. The fourth-order valence-corrected chi connectivity index (χ4v) is 9.20. The third-order valence-corrected chi connectivity index (χ3v) is 14.2. The third-order valence-electron chi connectivity index (χ3n) is 6.69. The molecule has 0 aromatic heterocycles. The first kappa shape index (κ1) is 69.5. The molecule has 0 aliphatic heterocycles. The van der Waals surface area contributed by atoms with Crippen molar-refractivity contribution < 1.29 is 167 Å². The highest BCUT2D eigenvalue weighted by Crippen LogP contribution is 2.50. The lowest BCUT2D eigenvalue weighted by Crippen LogP contribution is -2.25. The van der Waals surface area contributed by atoms with Crippen LogP contribution in [0.2, 0.25) is 0 Å². The van der Waals surface area contributed by atoms with Crippen molar-refractivity contribution >= 4 is 62.6 Å². The Morgan fingerprint density at radius 2 is 0.478 bits per heavy atom. The SMILES string of the molecule is O=P(O)(O)OCC(CNF)COP(=O)(O)OCCOP(=O)(O)OCCOP(=O)(O)OCCOP(=O)(O)OCCOP(=O)(O)OCC(CNF)COP(=O)(O)OCCOP(=O)(O)OCC(CO)CNF. The first-order valence-electron chi connectivity index (χ1n) is 18.4. The number of aliphatic hydroxyl groups excluding tert-OH is 1. The number of rotatable bonds is 47. The predicted octanol–water partition coefficient (Wildman–Crippen LogP) is 0.294. The van der Waals surface area contributed by atoms with Crippen molar-refractivity contribution in [2.75, 3.05) is 125 Å². The van der Waals surface area contributed by atoms with E-state index in [4.69, 9.17) is 14.9 Å². The number of halogens is 3. The molecule has 0 aromatic rings. The van der Waals surface area contributed by atoms with E-state index in [1.165, 1.54) is 5.54 Å². The summed E-state index contributed by atoms with van der Waals surface area (Å²) in [6.07, 6.45) is 0. The fraction of sp³-hybridized carbons (Fsp3) is 1.00. The van der Waals surface area contributed by atoms with E-state index in [2.05, 4.69) is 67.9 Å². The van der Waals surface area contributed by atoms with Gasteiger partial charge in [0.15, 0.2) is 0 Å². The van der Waals surface area contributed by atoms with E-state index in [1.54, 1.807) is 0 Å². The highest BCUT2D eigenvalue weighted by atomic mass is 31.2. The van der Waals surface area contributed by atoms with Crippen molar-refractivity contribution in [2.45, 2.75) is 0 Å². The lowest BCUT2D eigenvalue weighted by molar-refractivity contribution is 0.0651. The minimum absolute atomic E-state index is 0.419. The van der Waals surface area contributed by atoms with Crippen LogP contribution in [0.3, 0.4) is 0 Å². The zero-order chi connectivity index (χ0) is 52.9. The first-order chi connectivity index (χ1) is 31.8. The van der Waals surface area contributed by atoms with Crippen LogP contribution in [0, 0.1) is 17.8 Å². The normalized spacial score (nSPS) is 20.0. The Morgan fingerprint density at radius 3 is 0.667 bits per heavy atom. The molecule has 0 amide bonds. The van der Waals surface area contributed by atoms with Crippen LogP contribution in [0.25, 0.3) is 0 Å². The second kappa shape index (κ2) is 35.0. The summed E-state index contributed by atoms with van der Waals surface area (Å²) < 4.78 is 199. The van der Waals surface area contributed by atoms with Gasteiger partial charge in [0.25, 0.3) is 0 Å². The molecule has 47 heteroatoms. The van der Waals surface area contributed by atoms with Gasteiger partial charge in [-0.25, -0.2) is 36.5 Å². The topological polar surface area (TPSA) is 513 Å². The van der Waals surface area contributed by atoms with Crippen molar-refractivity contribution in [2.24, 2.45) is 17.8 Å². The Balaban J connectivity index is 4.46. The number of phosphoric acid groups is 8. The smallest absolute Gasteiger partial charge is 0.396 e. The molecule has 0 fully saturated rings. The summed E-state index contributed by atoms with van der Waals surface area (Å²) in [5.74, 6) is -3.40. The quantitative estimate of drug-likeness (QED) is 0.0221. The Kier molecular flexibility index (Phi) is 35.2. The Hall–Kier alpha value is 0.510. The molecule has 0 rings (SSSR count). The van der Waals surface area contributed by atoms with Gasteiger partial charge in [-0.1, -0.05) is 0 Å². The average Bonchev–Trinajstić information content (AvgIpc) is 3.23. The molecule has 0 spiro atoms. The van der Waals surface area contributed by atoms with E-state index in [9.17, 15) is 84.2 Å². The van der Waals surface area contributed by atoms with E-state index >= 15 is 0 Å². The molecule has 0 saturated heterocycles. The third kappa shape index (κ3) is 40.5. The van der Waals surface area contributed by atoms with Crippen LogP contribution in [-0.4, -0.2) is 174 Å². The number of phosphoric ester groups is 8. The maximum absolute atomic E-state index is 12.8. The van der Waals surface area contributed by atoms with Gasteiger partial charge < -0.3 is 49.1 Å². The number of aliphatic hydroxyl groups is 1. The Bertz CT molecular complexity index is 1830. The van der Waals surface area contributed by atoms with Gasteiger partial charge in [-0.15, -0.1) is 13.4 Å². The molecule has 0 aliphatic rings. The van der Waals surface area contributed by atoms with Crippen molar-refractivity contribution in [3.05, 3.63) is 0 Å². The first-order valence-corrected chi connectivity index (χ1v) is 30.4. The molecule has 0 aromatic carbocycles. The molecule has 0 bridgehead atoms. The van der Waals surface area contributed by atoms with Crippen molar-refractivity contribution in [1.29, 1.82) is 0 Å². The van der Waals surface area contributed by atoms with Gasteiger partial charge >= 0.3 is 62.6 Å². The predicted molar refractivity (Wildman–Crippen MR) is 215 cm³/mol. The molecular formula is C22H54F3N3O33P8. The number of hydrogen-bond acceptors (Lipinski definition) is 27. The van der Waals surface area contributed by atoms with Crippen LogP contribution in [0.15, 0.2) is 0 Å². The van der Waals surface area contributed by atoms with E-state index in [0.717, 1.165) is 11.1 Å². The monoisotopic (exact) mass is 1190 g/mol. The van der Waals surface area contributed by atoms with Crippen LogP contribution in [0.5, 0.6) is 0 Å². The molecule has 0 saturated carbocycles. The molecule has 0 heterocycles. The van der Waals surface area contributed by atoms with Crippen LogP contribution < -0.4 is 16.6 Å². The average molecular weight is 1190 g/mol. The zero-order valence-corrected chi connectivity index (χ0v) is 42.4. The lowest BCUT2D eigenvalue weighted by atomic mass is 10.2. The zero-order valence-electron chi connectivity index (χ0n) is 35.2. The molecule has 13 N–H and O–H groups in total. The number of hydrogen-bond donors (Lipinski definition) is 13. The van der Waals surface area contributed by atoms with Crippen molar-refractivity contribution in [1.82, 2.24) is 16.6 Å². The molecule has 0 radical (unpaired) electrons. The van der Waals surface area contributed by atoms with Gasteiger partial charge in [-0.3, -0.25) is 67.9 Å². The van der Waals surface area contributed by atoms with Crippen molar-refractivity contribution in [3.8, 4) is 0 Å². The minimum Gasteiger partial charge on any atom is -0.396 e. The maximum Gasteiger partial charge on any atom is 0.472 e. The van der Waals surface area contributed by atoms with Crippen LogP contribution in [0.1, 0.15) is 0 Å². The minimum atomic E-state index is -5.03. The van der Waals surface area contributed by atoms with Crippen LogP contribution >= 0.6 is 62.6 Å². The van der Waals surface area contributed by atoms with E-state index in [1.807, 2.05) is 0 Å². The maximum atomic E-state index is 12.8. The molecule has 0 aliphatic carbocycles. The van der Waals surface area contributed by atoms with Gasteiger partial charge in [0.1, 0.15) is 0 Å². The summed E-state index contributed by atoms with van der Waals surface area (Å²) in [5.41, 5.74) is 3.52. The molecule has 416 valence electrons. The summed E-state index contributed by atoms with van der Waals surface area (Å²) in [6.45, 7) is -15.3. The second-order valence-electron chi connectivity index (χ2n) is 12.4. The van der Waals surface area contributed by atoms with Gasteiger partial charge in [0.2, 0.25) is 0 Å².